The molecule has 0 aliphatic carbocycles. The minimum absolute atomic E-state index is 0.121. The Bertz CT molecular complexity index is 1620. The van der Waals surface area contributed by atoms with Gasteiger partial charge in [-0.25, -0.2) is 4.98 Å². The van der Waals surface area contributed by atoms with Crippen molar-refractivity contribution in [1.29, 1.82) is 0 Å². The van der Waals surface area contributed by atoms with E-state index in [0.29, 0.717) is 17.0 Å². The zero-order chi connectivity index (χ0) is 22.9. The first kappa shape index (κ1) is 21.0. The summed E-state index contributed by atoms with van der Waals surface area (Å²) in [6, 6.07) is 24.0. The van der Waals surface area contributed by atoms with Gasteiger partial charge in [-0.2, -0.15) is 0 Å². The minimum atomic E-state index is -0.121. The first-order valence-electron chi connectivity index (χ1n) is 10.5. The number of benzene rings is 2. The van der Waals surface area contributed by atoms with Gasteiger partial charge >= 0.3 is 0 Å². The van der Waals surface area contributed by atoms with E-state index in [2.05, 4.69) is 15.2 Å². The normalized spacial score (nSPS) is 11.3. The molecule has 9 heteroatoms. The fourth-order valence-corrected chi connectivity index (χ4v) is 6.25. The third-order valence-electron chi connectivity index (χ3n) is 5.31. The second kappa shape index (κ2) is 9.02. The maximum absolute atomic E-state index is 13.0. The molecule has 0 aliphatic rings. The molecule has 0 unspecified atom stereocenters. The number of fused-ring (bicyclic) bond motifs is 1. The summed E-state index contributed by atoms with van der Waals surface area (Å²) in [4.78, 5) is 22.5. The van der Waals surface area contributed by atoms with Crippen molar-refractivity contribution in [2.24, 2.45) is 0 Å². The lowest BCUT2D eigenvalue weighted by Crippen LogP contribution is -2.11. The summed E-state index contributed by atoms with van der Waals surface area (Å²) in [5, 5.41) is 14.3. The number of hydrogen-bond acceptors (Lipinski definition) is 7. The zero-order valence-corrected chi connectivity index (χ0v) is 20.2. The van der Waals surface area contributed by atoms with Gasteiger partial charge in [0.2, 0.25) is 0 Å². The van der Waals surface area contributed by atoms with Crippen LogP contribution < -0.4 is 5.56 Å². The summed E-state index contributed by atoms with van der Waals surface area (Å²) in [5.41, 5.74) is 2.80. The highest BCUT2D eigenvalue weighted by Gasteiger charge is 2.18. The van der Waals surface area contributed by atoms with Gasteiger partial charge in [0, 0.05) is 16.6 Å². The van der Waals surface area contributed by atoms with Crippen LogP contribution >= 0.6 is 34.4 Å². The van der Waals surface area contributed by atoms with Crippen molar-refractivity contribution >= 4 is 44.7 Å². The molecule has 0 saturated heterocycles. The largest absolute Gasteiger partial charge is 0.309 e. The Kier molecular flexibility index (Phi) is 5.58. The Morgan fingerprint density at radius 1 is 0.912 bits per heavy atom. The van der Waals surface area contributed by atoms with Gasteiger partial charge in [-0.3, -0.25) is 9.36 Å². The van der Waals surface area contributed by atoms with Crippen molar-refractivity contribution in [2.75, 3.05) is 0 Å². The fraction of sp³-hybridized carbons (Fsp3) is 0.0400. The Balaban J connectivity index is 1.34. The van der Waals surface area contributed by atoms with Crippen LogP contribution in [0, 0.1) is 0 Å². The second-order valence-corrected chi connectivity index (χ2v) is 10.2. The highest BCUT2D eigenvalue weighted by Crippen LogP contribution is 2.33. The molecule has 0 radical (unpaired) electrons. The quantitative estimate of drug-likeness (QED) is 0.274. The molecule has 0 saturated carbocycles. The first-order chi connectivity index (χ1) is 16.8. The Labute approximate surface area is 207 Å². The highest BCUT2D eigenvalue weighted by molar-refractivity contribution is 7.98. The van der Waals surface area contributed by atoms with Crippen molar-refractivity contribution in [1.82, 2.24) is 24.7 Å². The number of nitrogens with one attached hydrogen (secondary N) is 1. The lowest BCUT2D eigenvalue weighted by atomic mass is 10.1. The molecule has 6 rings (SSSR count). The van der Waals surface area contributed by atoms with Crippen LogP contribution in [0.25, 0.3) is 37.7 Å². The zero-order valence-electron chi connectivity index (χ0n) is 17.7. The molecule has 0 bridgehead atoms. The summed E-state index contributed by atoms with van der Waals surface area (Å²) in [7, 11) is 0. The van der Waals surface area contributed by atoms with E-state index < -0.39 is 0 Å². The molecule has 34 heavy (non-hydrogen) atoms. The van der Waals surface area contributed by atoms with Crippen molar-refractivity contribution in [2.45, 2.75) is 10.9 Å². The molecule has 166 valence electrons. The van der Waals surface area contributed by atoms with E-state index in [-0.39, 0.29) is 5.56 Å². The fourth-order valence-electron chi connectivity index (χ4n) is 3.76. The van der Waals surface area contributed by atoms with Crippen LogP contribution in [0.3, 0.4) is 0 Å². The lowest BCUT2D eigenvalue weighted by molar-refractivity contribution is 0.884. The second-order valence-electron chi connectivity index (χ2n) is 7.45. The number of hydrogen-bond donors (Lipinski definition) is 1. The predicted octanol–water partition coefficient (Wildman–Crippen LogP) is 6.25. The molecular weight excluding hydrogens is 483 g/mol. The van der Waals surface area contributed by atoms with Crippen LogP contribution in [0.5, 0.6) is 0 Å². The van der Waals surface area contributed by atoms with E-state index in [4.69, 9.17) is 4.98 Å². The van der Waals surface area contributed by atoms with Crippen molar-refractivity contribution in [3.63, 3.8) is 0 Å². The van der Waals surface area contributed by atoms with Gasteiger partial charge in [0.25, 0.3) is 5.56 Å². The predicted molar refractivity (Wildman–Crippen MR) is 140 cm³/mol. The smallest absolute Gasteiger partial charge is 0.260 e. The van der Waals surface area contributed by atoms with Crippen molar-refractivity contribution in [3.05, 3.63) is 99.7 Å². The number of nitrogens with zero attached hydrogens (tertiary/aromatic N) is 4. The van der Waals surface area contributed by atoms with Crippen LogP contribution in [0.15, 0.2) is 93.5 Å². The first-order valence-corrected chi connectivity index (χ1v) is 13.3. The highest BCUT2D eigenvalue weighted by atomic mass is 32.2. The van der Waals surface area contributed by atoms with Crippen molar-refractivity contribution < 1.29 is 0 Å². The van der Waals surface area contributed by atoms with Gasteiger partial charge in [0.15, 0.2) is 11.0 Å². The molecular formula is C25H17N5OS3. The van der Waals surface area contributed by atoms with E-state index in [9.17, 15) is 4.79 Å². The van der Waals surface area contributed by atoms with Crippen LogP contribution in [-0.4, -0.2) is 24.7 Å². The van der Waals surface area contributed by atoms with Gasteiger partial charge in [-0.05, 0) is 29.1 Å². The average Bonchev–Trinajstić information content (AvgIpc) is 3.63. The number of H-pyrrole nitrogens is 1. The maximum atomic E-state index is 13.0. The topological polar surface area (TPSA) is 76.5 Å². The van der Waals surface area contributed by atoms with Crippen LogP contribution in [0.4, 0.5) is 0 Å². The van der Waals surface area contributed by atoms with E-state index in [1.54, 1.807) is 11.3 Å². The van der Waals surface area contributed by atoms with Crippen molar-refractivity contribution in [3.8, 4) is 27.5 Å². The number of thiophene rings is 2. The Hall–Kier alpha value is -3.53. The number of aromatic amines is 1. The summed E-state index contributed by atoms with van der Waals surface area (Å²) in [6.45, 7) is 0. The third-order valence-corrected chi connectivity index (χ3v) is 7.98. The van der Waals surface area contributed by atoms with Crippen LogP contribution in [0.2, 0.25) is 0 Å². The minimum Gasteiger partial charge on any atom is -0.309 e. The molecule has 0 spiro atoms. The van der Waals surface area contributed by atoms with Gasteiger partial charge < -0.3 is 4.98 Å². The van der Waals surface area contributed by atoms with Gasteiger partial charge in [0.05, 0.1) is 16.0 Å². The summed E-state index contributed by atoms with van der Waals surface area (Å²) in [6.07, 6.45) is 0. The van der Waals surface area contributed by atoms with Gasteiger partial charge in [-0.15, -0.1) is 32.9 Å². The molecule has 6 nitrogen and oxygen atoms in total. The number of para-hydroxylation sites is 1. The standard InChI is InChI=1S/C25H17N5OS3/c31-23-21-18(16-8-3-1-4-9-16)14-33-24(21)27-20(26-23)15-34-25-29-28-22(19-12-7-13-32-19)30(25)17-10-5-2-6-11-17/h1-14H,15H2,(H,26,27,31). The summed E-state index contributed by atoms with van der Waals surface area (Å²) in [5.74, 6) is 1.88. The van der Waals surface area contributed by atoms with E-state index >= 15 is 0 Å². The van der Waals surface area contributed by atoms with Gasteiger partial charge in [-0.1, -0.05) is 66.4 Å². The molecule has 0 fully saturated rings. The van der Waals surface area contributed by atoms with Gasteiger partial charge in [0.1, 0.15) is 10.7 Å². The Morgan fingerprint density at radius 2 is 1.71 bits per heavy atom. The molecule has 6 aromatic rings. The number of thioether (sulfide) groups is 1. The molecule has 0 aliphatic heterocycles. The maximum Gasteiger partial charge on any atom is 0.260 e. The van der Waals surface area contributed by atoms with E-state index in [0.717, 1.165) is 37.5 Å². The molecule has 0 atom stereocenters. The monoisotopic (exact) mass is 499 g/mol. The summed E-state index contributed by atoms with van der Waals surface area (Å²) < 4.78 is 2.05. The SMILES string of the molecule is O=c1[nH]c(CSc2nnc(-c3cccs3)n2-c2ccccc2)nc2scc(-c3ccccc3)c12. The molecule has 1 N–H and O–H groups in total. The lowest BCUT2D eigenvalue weighted by Gasteiger charge is -2.09. The van der Waals surface area contributed by atoms with E-state index in [1.165, 1.54) is 23.1 Å². The summed E-state index contributed by atoms with van der Waals surface area (Å²) >= 11 is 4.61. The molecule has 2 aromatic carbocycles. The number of rotatable bonds is 6. The Morgan fingerprint density at radius 3 is 2.47 bits per heavy atom. The van der Waals surface area contributed by atoms with Crippen LogP contribution in [-0.2, 0) is 5.75 Å². The molecule has 4 aromatic heterocycles. The molecule has 0 amide bonds. The van der Waals surface area contributed by atoms with E-state index in [1.807, 2.05) is 88.1 Å². The third kappa shape index (κ3) is 3.87. The molecule has 4 heterocycles. The average molecular weight is 500 g/mol. The van der Waals surface area contributed by atoms with Crippen LogP contribution in [0.1, 0.15) is 5.82 Å². The number of aromatic nitrogens is 5.